The second kappa shape index (κ2) is 11.1. The molecule has 0 amide bonds. The van der Waals surface area contributed by atoms with Crippen LogP contribution in [0.5, 0.6) is 11.5 Å². The molecule has 0 aliphatic rings. The first kappa shape index (κ1) is 24.0. The zero-order valence-corrected chi connectivity index (χ0v) is 19.7. The molecule has 1 aromatic heterocycles. The largest absolute Gasteiger partial charge is 0.493 e. The van der Waals surface area contributed by atoms with Crippen LogP contribution in [0.25, 0.3) is 0 Å². The molecule has 0 radical (unpaired) electrons. The molecule has 0 fully saturated rings. The summed E-state index contributed by atoms with van der Waals surface area (Å²) in [6, 6.07) is 5.75. The lowest BCUT2D eigenvalue weighted by Gasteiger charge is -2.11. The summed E-state index contributed by atoms with van der Waals surface area (Å²) >= 11 is 0. The smallest absolute Gasteiger partial charge is 0.232 e. The molecule has 0 saturated heterocycles. The van der Waals surface area contributed by atoms with Crippen LogP contribution in [-0.2, 0) is 18.5 Å². The van der Waals surface area contributed by atoms with Gasteiger partial charge in [-0.05, 0) is 24.6 Å². The highest BCUT2D eigenvalue weighted by Crippen LogP contribution is 2.27. The second-order valence-corrected chi connectivity index (χ2v) is 7.00. The number of aliphatic imine (C=N–C) groups is 1. The summed E-state index contributed by atoms with van der Waals surface area (Å²) in [6.07, 6.45) is 0. The van der Waals surface area contributed by atoms with Gasteiger partial charge in [0.15, 0.2) is 23.3 Å². The van der Waals surface area contributed by atoms with E-state index < -0.39 is 0 Å². The molecule has 8 nitrogen and oxygen atoms in total. The number of hydrogen-bond donors (Lipinski definition) is 2. The van der Waals surface area contributed by atoms with Crippen molar-refractivity contribution < 1.29 is 14.0 Å². The zero-order valence-electron chi connectivity index (χ0n) is 17.3. The van der Waals surface area contributed by atoms with E-state index in [2.05, 4.69) is 25.8 Å². The maximum Gasteiger partial charge on any atom is 0.232 e. The third-order valence-corrected chi connectivity index (χ3v) is 3.74. The maximum atomic E-state index is 5.33. The Balaban J connectivity index is 0.00000392. The van der Waals surface area contributed by atoms with E-state index in [9.17, 15) is 0 Å². The highest BCUT2D eigenvalue weighted by molar-refractivity contribution is 14.0. The Kier molecular flexibility index (Phi) is 9.50. The van der Waals surface area contributed by atoms with Gasteiger partial charge in [0.1, 0.15) is 0 Å². The van der Waals surface area contributed by atoms with Crippen molar-refractivity contribution in [2.24, 2.45) is 4.99 Å². The van der Waals surface area contributed by atoms with Crippen molar-refractivity contribution in [1.82, 2.24) is 20.8 Å². The molecule has 28 heavy (non-hydrogen) atoms. The summed E-state index contributed by atoms with van der Waals surface area (Å²) in [6.45, 7) is 9.79. The van der Waals surface area contributed by atoms with Gasteiger partial charge in [-0.2, -0.15) is 4.98 Å². The first-order valence-electron chi connectivity index (χ1n) is 8.93. The van der Waals surface area contributed by atoms with Gasteiger partial charge in [-0.1, -0.05) is 32.0 Å². The van der Waals surface area contributed by atoms with Gasteiger partial charge in [0.05, 0.1) is 27.3 Å². The van der Waals surface area contributed by atoms with Crippen LogP contribution in [-0.4, -0.2) is 36.9 Å². The molecule has 0 aliphatic carbocycles. The van der Waals surface area contributed by atoms with Gasteiger partial charge in [-0.3, -0.25) is 0 Å². The van der Waals surface area contributed by atoms with Gasteiger partial charge in [0.2, 0.25) is 5.89 Å². The van der Waals surface area contributed by atoms with Crippen LogP contribution in [0.15, 0.2) is 27.7 Å². The molecule has 0 unspecified atom stereocenters. The number of nitrogens with zero attached hydrogens (tertiary/aromatic N) is 3. The molecule has 0 bridgehead atoms. The number of guanidine groups is 1. The van der Waals surface area contributed by atoms with Crippen LogP contribution >= 0.6 is 24.0 Å². The van der Waals surface area contributed by atoms with Crippen LogP contribution in [0.4, 0.5) is 0 Å². The van der Waals surface area contributed by atoms with Crippen molar-refractivity contribution in [2.45, 2.75) is 46.2 Å². The number of nitrogens with one attached hydrogen (secondary N) is 2. The number of aromatic nitrogens is 2. The van der Waals surface area contributed by atoms with Crippen LogP contribution in [0, 0.1) is 0 Å². The standard InChI is InChI=1S/C19H29N5O3.HI/c1-7-20-18(22-12-16-23-17(27-24-16)19(2,3)4)21-11-13-8-9-14(25-5)15(10-13)26-6;/h8-10H,7,11-12H2,1-6H3,(H2,20,21,22);1H. The molecule has 0 aliphatic heterocycles. The Bertz CT molecular complexity index is 771. The van der Waals surface area contributed by atoms with E-state index in [1.807, 2.05) is 45.9 Å². The maximum absolute atomic E-state index is 5.33. The molecule has 9 heteroatoms. The van der Waals surface area contributed by atoms with Crippen LogP contribution in [0.2, 0.25) is 0 Å². The van der Waals surface area contributed by atoms with Crippen molar-refractivity contribution in [2.75, 3.05) is 20.8 Å². The first-order valence-corrected chi connectivity index (χ1v) is 8.93. The predicted molar refractivity (Wildman–Crippen MR) is 120 cm³/mol. The molecular formula is C19H30IN5O3. The Morgan fingerprint density at radius 3 is 2.43 bits per heavy atom. The van der Waals surface area contributed by atoms with E-state index in [1.54, 1.807) is 14.2 Å². The van der Waals surface area contributed by atoms with Gasteiger partial charge in [0, 0.05) is 12.0 Å². The average molecular weight is 503 g/mol. The lowest BCUT2D eigenvalue weighted by molar-refractivity contribution is 0.318. The molecule has 2 rings (SSSR count). The van der Waals surface area contributed by atoms with Crippen molar-refractivity contribution in [3.05, 3.63) is 35.5 Å². The fourth-order valence-corrected chi connectivity index (χ4v) is 2.28. The van der Waals surface area contributed by atoms with Crippen molar-refractivity contribution in [3.8, 4) is 11.5 Å². The molecule has 156 valence electrons. The number of methoxy groups -OCH3 is 2. The van der Waals surface area contributed by atoms with E-state index in [-0.39, 0.29) is 29.4 Å². The lowest BCUT2D eigenvalue weighted by atomic mass is 9.97. The van der Waals surface area contributed by atoms with Crippen LogP contribution in [0.3, 0.4) is 0 Å². The second-order valence-electron chi connectivity index (χ2n) is 7.00. The van der Waals surface area contributed by atoms with Crippen LogP contribution < -0.4 is 20.1 Å². The summed E-state index contributed by atoms with van der Waals surface area (Å²) in [4.78, 5) is 9.02. The average Bonchev–Trinajstić information content (AvgIpc) is 3.13. The topological polar surface area (TPSA) is 93.8 Å². The molecule has 1 heterocycles. The molecule has 1 aromatic carbocycles. The van der Waals surface area contributed by atoms with Crippen molar-refractivity contribution in [3.63, 3.8) is 0 Å². The number of rotatable bonds is 7. The lowest BCUT2D eigenvalue weighted by Crippen LogP contribution is -2.37. The molecular weight excluding hydrogens is 473 g/mol. The van der Waals surface area contributed by atoms with E-state index in [0.717, 1.165) is 12.1 Å². The highest BCUT2D eigenvalue weighted by Gasteiger charge is 2.21. The minimum absolute atomic E-state index is 0. The van der Waals surface area contributed by atoms with Gasteiger partial charge in [-0.15, -0.1) is 24.0 Å². The number of benzene rings is 1. The SMILES string of the molecule is CCNC(=NCc1ccc(OC)c(OC)c1)NCc1noc(C(C)(C)C)n1.I. The molecule has 0 spiro atoms. The summed E-state index contributed by atoms with van der Waals surface area (Å²) in [5.41, 5.74) is 0.844. The van der Waals surface area contributed by atoms with Crippen LogP contribution in [0.1, 0.15) is 45.0 Å². The van der Waals surface area contributed by atoms with E-state index >= 15 is 0 Å². The minimum atomic E-state index is -0.169. The van der Waals surface area contributed by atoms with Crippen molar-refractivity contribution >= 4 is 29.9 Å². The molecule has 2 aromatic rings. The number of halogens is 1. The zero-order chi connectivity index (χ0) is 19.9. The molecule has 0 atom stereocenters. The van der Waals surface area contributed by atoms with E-state index in [0.29, 0.717) is 42.3 Å². The third-order valence-electron chi connectivity index (χ3n) is 3.74. The van der Waals surface area contributed by atoms with Gasteiger partial charge in [-0.25, -0.2) is 4.99 Å². The Labute approximate surface area is 183 Å². The normalized spacial score (nSPS) is 11.6. The number of hydrogen-bond acceptors (Lipinski definition) is 6. The molecule has 0 saturated carbocycles. The van der Waals surface area contributed by atoms with Gasteiger partial charge < -0.3 is 24.6 Å². The van der Waals surface area contributed by atoms with E-state index in [4.69, 9.17) is 14.0 Å². The minimum Gasteiger partial charge on any atom is -0.493 e. The summed E-state index contributed by atoms with van der Waals surface area (Å²) in [7, 11) is 3.24. The van der Waals surface area contributed by atoms with E-state index in [1.165, 1.54) is 0 Å². The van der Waals surface area contributed by atoms with Crippen molar-refractivity contribution in [1.29, 1.82) is 0 Å². The summed E-state index contributed by atoms with van der Waals surface area (Å²) < 4.78 is 15.9. The monoisotopic (exact) mass is 503 g/mol. The Morgan fingerprint density at radius 2 is 1.86 bits per heavy atom. The fraction of sp³-hybridized carbons (Fsp3) is 0.526. The number of ether oxygens (including phenoxy) is 2. The quantitative estimate of drug-likeness (QED) is 0.341. The predicted octanol–water partition coefficient (Wildman–Crippen LogP) is 3.26. The fourth-order valence-electron chi connectivity index (χ4n) is 2.28. The summed E-state index contributed by atoms with van der Waals surface area (Å²) in [5.74, 6) is 3.27. The van der Waals surface area contributed by atoms with Gasteiger partial charge in [0.25, 0.3) is 0 Å². The van der Waals surface area contributed by atoms with Gasteiger partial charge >= 0.3 is 0 Å². The highest BCUT2D eigenvalue weighted by atomic mass is 127. The Morgan fingerprint density at radius 1 is 1.14 bits per heavy atom. The molecule has 2 N–H and O–H groups in total. The summed E-state index contributed by atoms with van der Waals surface area (Å²) in [5, 5.41) is 10.4. The first-order chi connectivity index (χ1) is 12.9. The Hall–Kier alpha value is -2.04. The third kappa shape index (κ3) is 6.84.